The average molecular weight is 492 g/mol. The van der Waals surface area contributed by atoms with Crippen LogP contribution >= 0.6 is 11.6 Å². The quantitative estimate of drug-likeness (QED) is 0.455. The van der Waals surface area contributed by atoms with Crippen LogP contribution in [0.3, 0.4) is 0 Å². The molecule has 2 fully saturated rings. The van der Waals surface area contributed by atoms with E-state index in [-0.39, 0.29) is 18.0 Å². The van der Waals surface area contributed by atoms with Crippen molar-refractivity contribution in [3.05, 3.63) is 35.5 Å². The van der Waals surface area contributed by atoms with E-state index < -0.39 is 18.9 Å². The van der Waals surface area contributed by atoms with Crippen molar-refractivity contribution in [2.24, 2.45) is 5.92 Å². The Hall–Kier alpha value is -2.60. The zero-order valence-electron chi connectivity index (χ0n) is 18.7. The van der Waals surface area contributed by atoms with Crippen molar-refractivity contribution >= 4 is 34.4 Å². The molecular formula is C22H27ClFN7O3. The first-order chi connectivity index (χ1) is 16.5. The van der Waals surface area contributed by atoms with Crippen molar-refractivity contribution in [3.8, 4) is 0 Å². The van der Waals surface area contributed by atoms with Crippen molar-refractivity contribution in [2.75, 3.05) is 37.0 Å². The molecule has 1 saturated carbocycles. The lowest BCUT2D eigenvalue weighted by Gasteiger charge is -2.20. The molecule has 0 radical (unpaired) electrons. The monoisotopic (exact) mass is 491 g/mol. The molecule has 0 bridgehead atoms. The van der Waals surface area contributed by atoms with Crippen LogP contribution < -0.4 is 10.2 Å². The lowest BCUT2D eigenvalue weighted by atomic mass is 10.1. The lowest BCUT2D eigenvalue weighted by Crippen LogP contribution is -2.30. The van der Waals surface area contributed by atoms with Gasteiger partial charge in [0, 0.05) is 43.9 Å². The van der Waals surface area contributed by atoms with Crippen LogP contribution in [0.4, 0.5) is 16.0 Å². The highest BCUT2D eigenvalue weighted by Gasteiger charge is 2.43. The van der Waals surface area contributed by atoms with E-state index in [1.165, 1.54) is 12.5 Å². The normalized spacial score (nSPS) is 27.1. The lowest BCUT2D eigenvalue weighted by molar-refractivity contribution is -0.00886. The molecule has 182 valence electrons. The molecule has 1 saturated heterocycles. The Morgan fingerprint density at radius 3 is 2.85 bits per heavy atom. The summed E-state index contributed by atoms with van der Waals surface area (Å²) in [4.78, 5) is 19.7. The number of pyridine rings is 1. The van der Waals surface area contributed by atoms with E-state index in [4.69, 9.17) is 16.3 Å². The van der Waals surface area contributed by atoms with Gasteiger partial charge >= 0.3 is 0 Å². The number of methoxy groups -OCH3 is 1. The van der Waals surface area contributed by atoms with Gasteiger partial charge in [-0.15, -0.1) is 0 Å². The Morgan fingerprint density at radius 2 is 2.09 bits per heavy atom. The number of aliphatic hydroxyl groups excluding tert-OH is 2. The Kier molecular flexibility index (Phi) is 6.52. The van der Waals surface area contributed by atoms with Gasteiger partial charge in [0.2, 0.25) is 0 Å². The third-order valence-electron chi connectivity index (χ3n) is 6.73. The topological polar surface area (TPSA) is 121 Å². The highest BCUT2D eigenvalue weighted by atomic mass is 35.5. The van der Waals surface area contributed by atoms with Gasteiger partial charge in [0.15, 0.2) is 11.5 Å². The van der Waals surface area contributed by atoms with E-state index in [0.29, 0.717) is 53.0 Å². The van der Waals surface area contributed by atoms with Crippen LogP contribution in [0.15, 0.2) is 24.9 Å². The maximum absolute atomic E-state index is 12.9. The molecule has 0 spiro atoms. The number of nitrogens with zero attached hydrogens (tertiary/aromatic N) is 6. The highest BCUT2D eigenvalue weighted by molar-refractivity contribution is 6.33. The van der Waals surface area contributed by atoms with E-state index in [1.54, 1.807) is 19.5 Å². The standard InChI is InChI=1S/C22H27ClFN7O3/c1-34-9-13-5-16(19(33)18(13)32)31-11-28-17-20(26-10-27-22(17)31)29-14-2-3-30(8-14)21-15(23)4-12(6-24)7-25-21/h4,7,10-11,13-14,16,18-19,32-33H,2-3,5-6,8-9H2,1H3,(H,26,27,29)/t13-,14+,16-,18-,19+/m1/s1. The third-order valence-corrected chi connectivity index (χ3v) is 7.01. The third kappa shape index (κ3) is 4.17. The average Bonchev–Trinajstić information content (AvgIpc) is 3.54. The number of nitrogens with one attached hydrogen (secondary N) is 1. The number of fused-ring (bicyclic) bond motifs is 1. The van der Waals surface area contributed by atoms with Gasteiger partial charge < -0.3 is 29.7 Å². The summed E-state index contributed by atoms with van der Waals surface area (Å²) in [5.74, 6) is 1.08. The molecule has 3 aromatic heterocycles. The van der Waals surface area contributed by atoms with Gasteiger partial charge in [0.1, 0.15) is 30.4 Å². The smallest absolute Gasteiger partial charge is 0.165 e. The highest BCUT2D eigenvalue weighted by Crippen LogP contribution is 2.37. The van der Waals surface area contributed by atoms with E-state index in [0.717, 1.165) is 13.0 Å². The number of anilines is 2. The molecule has 4 heterocycles. The molecule has 5 rings (SSSR count). The second-order valence-electron chi connectivity index (χ2n) is 8.90. The zero-order chi connectivity index (χ0) is 23.8. The fourth-order valence-electron chi connectivity index (χ4n) is 4.99. The summed E-state index contributed by atoms with van der Waals surface area (Å²) >= 11 is 6.32. The number of aliphatic hydroxyl groups is 2. The van der Waals surface area contributed by atoms with E-state index >= 15 is 0 Å². The van der Waals surface area contributed by atoms with Crippen molar-refractivity contribution in [1.29, 1.82) is 0 Å². The molecule has 0 amide bonds. The molecule has 0 unspecified atom stereocenters. The van der Waals surface area contributed by atoms with Crippen LogP contribution in [0.2, 0.25) is 5.02 Å². The van der Waals surface area contributed by atoms with Crippen LogP contribution in [0, 0.1) is 5.92 Å². The van der Waals surface area contributed by atoms with Crippen molar-refractivity contribution in [1.82, 2.24) is 24.5 Å². The van der Waals surface area contributed by atoms with Gasteiger partial charge in [-0.2, -0.15) is 0 Å². The van der Waals surface area contributed by atoms with E-state index in [1.807, 2.05) is 4.57 Å². The first-order valence-corrected chi connectivity index (χ1v) is 11.6. The molecule has 1 aliphatic heterocycles. The fourth-order valence-corrected chi connectivity index (χ4v) is 5.30. The van der Waals surface area contributed by atoms with Crippen LogP contribution in [-0.4, -0.2) is 79.8 Å². The molecule has 2 aliphatic rings. The van der Waals surface area contributed by atoms with Crippen molar-refractivity contribution in [2.45, 2.75) is 43.8 Å². The van der Waals surface area contributed by atoms with E-state index in [2.05, 4.69) is 30.2 Å². The van der Waals surface area contributed by atoms with Crippen LogP contribution in [-0.2, 0) is 11.4 Å². The minimum atomic E-state index is -0.937. The molecule has 1 aliphatic carbocycles. The maximum Gasteiger partial charge on any atom is 0.165 e. The molecule has 5 atom stereocenters. The summed E-state index contributed by atoms with van der Waals surface area (Å²) in [6.45, 7) is 1.17. The minimum absolute atomic E-state index is 0.0759. The summed E-state index contributed by atoms with van der Waals surface area (Å²) in [7, 11) is 1.58. The number of alkyl halides is 1. The predicted octanol–water partition coefficient (Wildman–Crippen LogP) is 1.96. The van der Waals surface area contributed by atoms with Crippen LogP contribution in [0.1, 0.15) is 24.4 Å². The number of halogens is 2. The predicted molar refractivity (Wildman–Crippen MR) is 125 cm³/mol. The summed E-state index contributed by atoms with van der Waals surface area (Å²) in [6.07, 6.45) is 4.20. The van der Waals surface area contributed by atoms with Gasteiger partial charge in [-0.05, 0) is 18.9 Å². The Balaban J connectivity index is 1.33. The fraction of sp³-hybridized carbons (Fsp3) is 0.545. The molecule has 3 aromatic rings. The number of hydrogen-bond donors (Lipinski definition) is 3. The van der Waals surface area contributed by atoms with Crippen molar-refractivity contribution < 1.29 is 19.3 Å². The largest absolute Gasteiger partial charge is 0.390 e. The van der Waals surface area contributed by atoms with Gasteiger partial charge in [0.05, 0.1) is 30.1 Å². The van der Waals surface area contributed by atoms with Crippen LogP contribution in [0.25, 0.3) is 11.2 Å². The Morgan fingerprint density at radius 1 is 1.24 bits per heavy atom. The number of hydrogen-bond acceptors (Lipinski definition) is 9. The van der Waals surface area contributed by atoms with Gasteiger partial charge in [-0.25, -0.2) is 24.3 Å². The first kappa shape index (κ1) is 23.2. The SMILES string of the molecule is COC[C@H]1C[C@@H](n2cnc3c(N[C@H]4CCN(c5ncc(CF)cc5Cl)C4)ncnc32)[C@H](O)[C@@H]1O. The zero-order valence-corrected chi connectivity index (χ0v) is 19.4. The molecular weight excluding hydrogens is 465 g/mol. The number of imidazole rings is 1. The van der Waals surface area contributed by atoms with Crippen LogP contribution in [0.5, 0.6) is 0 Å². The second-order valence-corrected chi connectivity index (χ2v) is 9.31. The van der Waals surface area contributed by atoms with Gasteiger partial charge in [-0.1, -0.05) is 11.6 Å². The number of aromatic nitrogens is 5. The molecule has 0 aromatic carbocycles. The summed E-state index contributed by atoms with van der Waals surface area (Å²) in [6, 6.07) is 1.33. The molecule has 12 heteroatoms. The molecule has 34 heavy (non-hydrogen) atoms. The molecule has 3 N–H and O–H groups in total. The number of rotatable bonds is 7. The maximum atomic E-state index is 12.9. The number of ether oxygens (including phenoxy) is 1. The van der Waals surface area contributed by atoms with Crippen molar-refractivity contribution in [3.63, 3.8) is 0 Å². The molecule has 10 nitrogen and oxygen atoms in total. The Bertz CT molecular complexity index is 1160. The second kappa shape index (κ2) is 9.57. The van der Waals surface area contributed by atoms with E-state index in [9.17, 15) is 14.6 Å². The Labute approximate surface area is 200 Å². The van der Waals surface area contributed by atoms with Gasteiger partial charge in [0.25, 0.3) is 0 Å². The van der Waals surface area contributed by atoms with Gasteiger partial charge in [-0.3, -0.25) is 0 Å². The summed E-state index contributed by atoms with van der Waals surface area (Å²) in [5.41, 5.74) is 1.64. The first-order valence-electron chi connectivity index (χ1n) is 11.2. The summed E-state index contributed by atoms with van der Waals surface area (Å²) in [5, 5.41) is 24.9. The minimum Gasteiger partial charge on any atom is -0.390 e. The summed E-state index contributed by atoms with van der Waals surface area (Å²) < 4.78 is 19.9.